The van der Waals surface area contributed by atoms with Crippen molar-refractivity contribution in [1.82, 2.24) is 4.90 Å². The zero-order valence-corrected chi connectivity index (χ0v) is 7.79. The highest BCUT2D eigenvalue weighted by atomic mass is 16.3. The number of aliphatic hydroxyl groups excluding tert-OH is 1. The van der Waals surface area contributed by atoms with Crippen molar-refractivity contribution >= 4 is 5.91 Å². The Morgan fingerprint density at radius 1 is 1.58 bits per heavy atom. The Labute approximate surface area is 73.4 Å². The van der Waals surface area contributed by atoms with Gasteiger partial charge in [-0.3, -0.25) is 4.79 Å². The van der Waals surface area contributed by atoms with Crippen LogP contribution in [0.3, 0.4) is 0 Å². The third-order valence-corrected chi connectivity index (χ3v) is 2.51. The van der Waals surface area contributed by atoms with Crippen molar-refractivity contribution in [3.63, 3.8) is 0 Å². The van der Waals surface area contributed by atoms with E-state index in [0.717, 1.165) is 0 Å². The Hall–Kier alpha value is -0.570. The van der Waals surface area contributed by atoms with E-state index in [-0.39, 0.29) is 5.91 Å². The van der Waals surface area contributed by atoms with E-state index in [1.54, 1.807) is 14.1 Å². The SMILES string of the molecule is CN(C)C(=O)C(O)CC1CCC1. The maximum Gasteiger partial charge on any atom is 0.250 e. The highest BCUT2D eigenvalue weighted by Gasteiger charge is 2.25. The third kappa shape index (κ3) is 2.21. The lowest BCUT2D eigenvalue weighted by molar-refractivity contribution is -0.138. The fraction of sp³-hybridized carbons (Fsp3) is 0.889. The average Bonchev–Trinajstić information content (AvgIpc) is 1.94. The second kappa shape index (κ2) is 3.90. The summed E-state index contributed by atoms with van der Waals surface area (Å²) in [5, 5.41) is 9.43. The summed E-state index contributed by atoms with van der Waals surface area (Å²) in [5.41, 5.74) is 0. The molecule has 0 spiro atoms. The van der Waals surface area contributed by atoms with Crippen molar-refractivity contribution in [1.29, 1.82) is 0 Å². The van der Waals surface area contributed by atoms with Gasteiger partial charge in [-0.15, -0.1) is 0 Å². The number of carbonyl (C=O) groups is 1. The summed E-state index contributed by atoms with van der Waals surface area (Å²) >= 11 is 0. The minimum atomic E-state index is -0.773. The van der Waals surface area contributed by atoms with Crippen LogP contribution in [0.15, 0.2) is 0 Å². The van der Waals surface area contributed by atoms with E-state index < -0.39 is 6.10 Å². The molecule has 1 atom stereocenters. The standard InChI is InChI=1S/C9H17NO2/c1-10(2)9(12)8(11)6-7-4-3-5-7/h7-8,11H,3-6H2,1-2H3. The number of carbonyl (C=O) groups excluding carboxylic acids is 1. The molecule has 1 N–H and O–H groups in total. The molecule has 1 aliphatic carbocycles. The van der Waals surface area contributed by atoms with Crippen molar-refractivity contribution < 1.29 is 9.90 Å². The van der Waals surface area contributed by atoms with Gasteiger partial charge in [0.1, 0.15) is 6.10 Å². The van der Waals surface area contributed by atoms with Crippen LogP contribution in [0.2, 0.25) is 0 Å². The molecule has 3 heteroatoms. The molecule has 1 fully saturated rings. The molecular formula is C9H17NO2. The molecule has 0 aliphatic heterocycles. The third-order valence-electron chi connectivity index (χ3n) is 2.51. The van der Waals surface area contributed by atoms with Gasteiger partial charge >= 0.3 is 0 Å². The van der Waals surface area contributed by atoms with Gasteiger partial charge < -0.3 is 10.0 Å². The van der Waals surface area contributed by atoms with Gasteiger partial charge in [0.2, 0.25) is 0 Å². The van der Waals surface area contributed by atoms with E-state index in [1.807, 2.05) is 0 Å². The summed E-state index contributed by atoms with van der Waals surface area (Å²) in [5.74, 6) is 0.422. The molecule has 0 aromatic heterocycles. The minimum Gasteiger partial charge on any atom is -0.383 e. The Bertz CT molecular complexity index is 164. The second-order valence-corrected chi connectivity index (χ2v) is 3.78. The summed E-state index contributed by atoms with van der Waals surface area (Å²) in [7, 11) is 3.35. The van der Waals surface area contributed by atoms with Crippen LogP contribution in [0.25, 0.3) is 0 Å². The Morgan fingerprint density at radius 3 is 2.50 bits per heavy atom. The molecule has 1 saturated carbocycles. The van der Waals surface area contributed by atoms with Crippen molar-refractivity contribution in [2.45, 2.75) is 31.8 Å². The van der Waals surface area contributed by atoms with E-state index in [0.29, 0.717) is 12.3 Å². The predicted molar refractivity (Wildman–Crippen MR) is 46.7 cm³/mol. The maximum absolute atomic E-state index is 11.2. The van der Waals surface area contributed by atoms with E-state index in [4.69, 9.17) is 0 Å². The van der Waals surface area contributed by atoms with Crippen LogP contribution in [0.1, 0.15) is 25.7 Å². The van der Waals surface area contributed by atoms with Crippen LogP contribution in [-0.2, 0) is 4.79 Å². The summed E-state index contributed by atoms with van der Waals surface area (Å²) in [6.45, 7) is 0. The Balaban J connectivity index is 2.26. The molecule has 12 heavy (non-hydrogen) atoms. The largest absolute Gasteiger partial charge is 0.383 e. The van der Waals surface area contributed by atoms with Gasteiger partial charge in [-0.2, -0.15) is 0 Å². The van der Waals surface area contributed by atoms with Crippen LogP contribution >= 0.6 is 0 Å². The van der Waals surface area contributed by atoms with Crippen LogP contribution in [0.4, 0.5) is 0 Å². The lowest BCUT2D eigenvalue weighted by Gasteiger charge is -2.27. The van der Waals surface area contributed by atoms with Gasteiger partial charge in [0.25, 0.3) is 5.91 Å². The van der Waals surface area contributed by atoms with E-state index >= 15 is 0 Å². The average molecular weight is 171 g/mol. The molecule has 1 unspecified atom stereocenters. The van der Waals surface area contributed by atoms with Crippen LogP contribution < -0.4 is 0 Å². The molecule has 3 nitrogen and oxygen atoms in total. The summed E-state index contributed by atoms with van der Waals surface area (Å²) in [4.78, 5) is 12.6. The number of hydrogen-bond acceptors (Lipinski definition) is 2. The molecule has 1 amide bonds. The van der Waals surface area contributed by atoms with Gasteiger partial charge in [-0.05, 0) is 12.3 Å². The van der Waals surface area contributed by atoms with E-state index in [2.05, 4.69) is 0 Å². The molecule has 0 aromatic carbocycles. The smallest absolute Gasteiger partial charge is 0.250 e. The molecule has 1 rings (SSSR count). The first-order chi connectivity index (χ1) is 5.61. The van der Waals surface area contributed by atoms with Crippen molar-refractivity contribution in [3.05, 3.63) is 0 Å². The predicted octanol–water partition coefficient (Wildman–Crippen LogP) is 0.626. The fourth-order valence-electron chi connectivity index (χ4n) is 1.44. The number of rotatable bonds is 3. The first-order valence-corrected chi connectivity index (χ1v) is 4.50. The summed E-state index contributed by atoms with van der Waals surface area (Å²) < 4.78 is 0. The van der Waals surface area contributed by atoms with Gasteiger partial charge in [0.05, 0.1) is 0 Å². The number of hydrogen-bond donors (Lipinski definition) is 1. The summed E-state index contributed by atoms with van der Waals surface area (Å²) in [6, 6.07) is 0. The number of likely N-dealkylation sites (N-methyl/N-ethyl adjacent to an activating group) is 1. The fourth-order valence-corrected chi connectivity index (χ4v) is 1.44. The monoisotopic (exact) mass is 171 g/mol. The first-order valence-electron chi connectivity index (χ1n) is 4.50. The zero-order chi connectivity index (χ0) is 9.14. The lowest BCUT2D eigenvalue weighted by atomic mass is 9.81. The van der Waals surface area contributed by atoms with Gasteiger partial charge in [-0.1, -0.05) is 19.3 Å². The van der Waals surface area contributed by atoms with Crippen LogP contribution in [0.5, 0.6) is 0 Å². The molecular weight excluding hydrogens is 154 g/mol. The van der Waals surface area contributed by atoms with Crippen LogP contribution in [-0.4, -0.2) is 36.1 Å². The molecule has 0 bridgehead atoms. The zero-order valence-electron chi connectivity index (χ0n) is 7.79. The lowest BCUT2D eigenvalue weighted by Crippen LogP contribution is -2.35. The quantitative estimate of drug-likeness (QED) is 0.676. The Kier molecular flexibility index (Phi) is 3.09. The van der Waals surface area contributed by atoms with Gasteiger partial charge in [0, 0.05) is 14.1 Å². The van der Waals surface area contributed by atoms with Crippen molar-refractivity contribution in [3.8, 4) is 0 Å². The second-order valence-electron chi connectivity index (χ2n) is 3.78. The molecule has 0 aromatic rings. The van der Waals surface area contributed by atoms with Gasteiger partial charge in [0.15, 0.2) is 0 Å². The molecule has 70 valence electrons. The maximum atomic E-state index is 11.2. The number of aliphatic hydroxyl groups is 1. The molecule has 0 radical (unpaired) electrons. The highest BCUT2D eigenvalue weighted by molar-refractivity contribution is 5.80. The summed E-state index contributed by atoms with van der Waals surface area (Å²) in [6.07, 6.45) is 3.49. The van der Waals surface area contributed by atoms with Crippen molar-refractivity contribution in [2.24, 2.45) is 5.92 Å². The minimum absolute atomic E-state index is 0.165. The Morgan fingerprint density at radius 2 is 2.17 bits per heavy atom. The topological polar surface area (TPSA) is 40.5 Å². The molecule has 1 aliphatic rings. The van der Waals surface area contributed by atoms with E-state index in [1.165, 1.54) is 24.2 Å². The number of amides is 1. The molecule has 0 heterocycles. The van der Waals surface area contributed by atoms with Gasteiger partial charge in [-0.25, -0.2) is 0 Å². The van der Waals surface area contributed by atoms with E-state index in [9.17, 15) is 9.90 Å². The van der Waals surface area contributed by atoms with Crippen molar-refractivity contribution in [2.75, 3.05) is 14.1 Å². The molecule has 0 saturated heterocycles. The first kappa shape index (κ1) is 9.52. The highest BCUT2D eigenvalue weighted by Crippen LogP contribution is 2.30. The number of nitrogens with zero attached hydrogens (tertiary/aromatic N) is 1. The van der Waals surface area contributed by atoms with Crippen LogP contribution in [0, 0.1) is 5.92 Å². The normalized spacial score (nSPS) is 19.9.